The molecule has 0 aliphatic rings. The van der Waals surface area contributed by atoms with Crippen LogP contribution in [0.15, 0.2) is 0 Å². The van der Waals surface area contributed by atoms with Gasteiger partial charge in [0.25, 0.3) is 0 Å². The molecule has 0 radical (unpaired) electrons. The minimum absolute atomic E-state index is 0. The van der Waals surface area contributed by atoms with Crippen molar-refractivity contribution in [2.75, 3.05) is 27.2 Å². The summed E-state index contributed by atoms with van der Waals surface area (Å²) in [6.07, 6.45) is 0. The number of nitrogens with zero attached hydrogens (tertiary/aromatic N) is 1. The molecule has 76 valence electrons. The van der Waals surface area contributed by atoms with Gasteiger partial charge in [-0.1, -0.05) is 0 Å². The Morgan fingerprint density at radius 3 is 1.17 bits per heavy atom. The second-order valence-electron chi connectivity index (χ2n) is 3.06. The number of quaternary nitrogens is 1. The average molecular weight is 190 g/mol. The number of hydrogen-bond donors (Lipinski definition) is 0. The molecule has 1 nitrogen and oxygen atoms in total. The standard InChI is InChI=1S/C6H16N.BF4/c1-5-7(3,4)6-2;2-1(3,4)5/h5-6H2,1-4H3;/q+1;-1/p+1. The summed E-state index contributed by atoms with van der Waals surface area (Å²) in [6.45, 7) is 6.89. The van der Waals surface area contributed by atoms with Gasteiger partial charge in [-0.05, 0) is 13.8 Å². The van der Waals surface area contributed by atoms with Gasteiger partial charge in [0.2, 0.25) is 0 Å². The summed E-state index contributed by atoms with van der Waals surface area (Å²) >= 11 is 0. The molecule has 0 aliphatic carbocycles. The molecule has 0 saturated carbocycles. The Morgan fingerprint density at radius 2 is 1.17 bits per heavy atom. The Balaban J connectivity index is -0.000000150. The Kier molecular flexibility index (Phi) is 6.43. The predicted molar refractivity (Wildman–Crippen MR) is 44.5 cm³/mol. The molecule has 0 N–H and O–H groups in total. The summed E-state index contributed by atoms with van der Waals surface area (Å²) < 4.78 is 40.1. The zero-order valence-corrected chi connectivity index (χ0v) is 7.95. The number of hydrogen-bond acceptors (Lipinski definition) is 0. The van der Waals surface area contributed by atoms with Crippen LogP contribution in [-0.2, 0) is 0 Å². The number of halogens is 4. The third-order valence-electron chi connectivity index (χ3n) is 1.71. The maximum Gasteiger partial charge on any atom is 1.00 e. The van der Waals surface area contributed by atoms with Crippen LogP contribution in [-0.4, -0.2) is 38.9 Å². The topological polar surface area (TPSA) is 0 Å². The highest BCUT2D eigenvalue weighted by molar-refractivity contribution is 6.50. The normalized spacial score (nSPS) is 12.0. The van der Waals surface area contributed by atoms with Crippen molar-refractivity contribution in [3.8, 4) is 0 Å². The van der Waals surface area contributed by atoms with Crippen molar-refractivity contribution in [1.29, 1.82) is 0 Å². The Labute approximate surface area is 72.5 Å². The largest absolute Gasteiger partial charge is 1.00 e. The van der Waals surface area contributed by atoms with E-state index in [1.165, 1.54) is 13.1 Å². The summed E-state index contributed by atoms with van der Waals surface area (Å²) in [6, 6.07) is 0. The first-order valence-corrected chi connectivity index (χ1v) is 3.81. The lowest BCUT2D eigenvalue weighted by atomic mass is 10.3. The molecule has 0 aromatic heterocycles. The van der Waals surface area contributed by atoms with Crippen molar-refractivity contribution in [2.45, 2.75) is 13.8 Å². The van der Waals surface area contributed by atoms with Gasteiger partial charge in [0.05, 0.1) is 27.2 Å². The van der Waals surface area contributed by atoms with Crippen molar-refractivity contribution < 1.29 is 23.2 Å². The molecular weight excluding hydrogens is 173 g/mol. The highest BCUT2D eigenvalue weighted by Crippen LogP contribution is 2.06. The van der Waals surface area contributed by atoms with E-state index in [9.17, 15) is 17.3 Å². The van der Waals surface area contributed by atoms with Gasteiger partial charge < -0.3 is 21.7 Å². The smallest absolute Gasteiger partial charge is 0.418 e. The first-order chi connectivity index (χ1) is 5.12. The van der Waals surface area contributed by atoms with Gasteiger partial charge in [0.1, 0.15) is 0 Å². The van der Waals surface area contributed by atoms with Crippen molar-refractivity contribution in [3.05, 3.63) is 0 Å². The fourth-order valence-corrected chi connectivity index (χ4v) is 0.224. The van der Waals surface area contributed by atoms with Crippen LogP contribution in [0.4, 0.5) is 17.3 Å². The van der Waals surface area contributed by atoms with Gasteiger partial charge >= 0.3 is 8.68 Å². The minimum Gasteiger partial charge on any atom is -0.418 e. The molecule has 0 atom stereocenters. The van der Waals surface area contributed by atoms with Crippen LogP contribution < -0.4 is 0 Å². The summed E-state index contributed by atoms with van der Waals surface area (Å²) in [7, 11) is -1.53. The second-order valence-corrected chi connectivity index (χ2v) is 3.06. The van der Waals surface area contributed by atoms with Crippen LogP contribution in [0.2, 0.25) is 0 Å². The van der Waals surface area contributed by atoms with Crippen LogP contribution >= 0.6 is 0 Å². The van der Waals surface area contributed by atoms with Gasteiger partial charge in [-0.25, -0.2) is 0 Å². The van der Waals surface area contributed by atoms with Gasteiger partial charge in [0, 0.05) is 0 Å². The zero-order chi connectivity index (χ0) is 10.4. The molecule has 0 bridgehead atoms. The predicted octanol–water partition coefficient (Wildman–Crippen LogP) is 2.52. The van der Waals surface area contributed by atoms with Crippen molar-refractivity contribution in [2.24, 2.45) is 0 Å². The molecule has 0 spiro atoms. The van der Waals surface area contributed by atoms with Crippen LogP contribution in [0, 0.1) is 0 Å². The van der Waals surface area contributed by atoms with Crippen LogP contribution in [0.1, 0.15) is 15.3 Å². The summed E-state index contributed by atoms with van der Waals surface area (Å²) in [5.41, 5.74) is 0. The molecule has 0 amide bonds. The Morgan fingerprint density at radius 1 is 1.00 bits per heavy atom. The molecule has 0 heterocycles. The molecule has 0 aliphatic heterocycles. The Hall–Kier alpha value is -0.255. The molecule has 0 rings (SSSR count). The van der Waals surface area contributed by atoms with Gasteiger partial charge in [-0.3, -0.25) is 0 Å². The molecule has 0 aromatic carbocycles. The minimum atomic E-state index is -6.00. The fraction of sp³-hybridized carbons (Fsp3) is 1.00. The maximum atomic E-state index is 9.75. The molecule has 6 heteroatoms. The lowest BCUT2D eigenvalue weighted by Crippen LogP contribution is -2.38. The third kappa shape index (κ3) is 22.6. The first-order valence-electron chi connectivity index (χ1n) is 3.81. The lowest BCUT2D eigenvalue weighted by molar-refractivity contribution is -0.886. The summed E-state index contributed by atoms with van der Waals surface area (Å²) in [4.78, 5) is 0. The van der Waals surface area contributed by atoms with E-state index in [1.807, 2.05) is 0 Å². The van der Waals surface area contributed by atoms with Crippen molar-refractivity contribution in [3.63, 3.8) is 0 Å². The van der Waals surface area contributed by atoms with E-state index < -0.39 is 7.25 Å². The van der Waals surface area contributed by atoms with Crippen LogP contribution in [0.5, 0.6) is 0 Å². The molecule has 0 aromatic rings. The van der Waals surface area contributed by atoms with E-state index in [1.54, 1.807) is 0 Å². The van der Waals surface area contributed by atoms with Gasteiger partial charge in [0.15, 0.2) is 0 Å². The average Bonchev–Trinajstić information content (AvgIpc) is 1.85. The maximum absolute atomic E-state index is 9.75. The molecular formula is C6H17BF4N+. The van der Waals surface area contributed by atoms with E-state index in [-0.39, 0.29) is 1.43 Å². The van der Waals surface area contributed by atoms with Crippen LogP contribution in [0.3, 0.4) is 0 Å². The molecule has 0 unspecified atom stereocenters. The van der Waals surface area contributed by atoms with E-state index in [2.05, 4.69) is 27.9 Å². The molecule has 12 heavy (non-hydrogen) atoms. The quantitative estimate of drug-likeness (QED) is 0.356. The third-order valence-corrected chi connectivity index (χ3v) is 1.71. The molecule has 0 saturated heterocycles. The zero-order valence-electron chi connectivity index (χ0n) is 8.95. The van der Waals surface area contributed by atoms with E-state index in [0.29, 0.717) is 0 Å². The van der Waals surface area contributed by atoms with Crippen molar-refractivity contribution in [1.82, 2.24) is 0 Å². The van der Waals surface area contributed by atoms with Gasteiger partial charge in [-0.15, -0.1) is 0 Å². The monoisotopic (exact) mass is 190 g/mol. The van der Waals surface area contributed by atoms with Gasteiger partial charge in [-0.2, -0.15) is 0 Å². The molecule has 0 fully saturated rings. The highest BCUT2D eigenvalue weighted by atomic mass is 19.5. The number of rotatable bonds is 2. The Bertz CT molecular complexity index is 106. The van der Waals surface area contributed by atoms with E-state index in [4.69, 9.17) is 0 Å². The highest BCUT2D eigenvalue weighted by Gasteiger charge is 2.20. The fourth-order valence-electron chi connectivity index (χ4n) is 0.224. The van der Waals surface area contributed by atoms with E-state index in [0.717, 1.165) is 4.48 Å². The van der Waals surface area contributed by atoms with E-state index >= 15 is 0 Å². The first kappa shape index (κ1) is 14.3. The SMILES string of the molecule is CC[N+](C)(C)CC.F[B-](F)(F)F.[H+]. The summed E-state index contributed by atoms with van der Waals surface area (Å²) in [5, 5.41) is 0. The summed E-state index contributed by atoms with van der Waals surface area (Å²) in [5.74, 6) is 0. The lowest BCUT2D eigenvalue weighted by Gasteiger charge is -2.25. The van der Waals surface area contributed by atoms with Crippen LogP contribution in [0.25, 0.3) is 0 Å². The second kappa shape index (κ2) is 5.40. The van der Waals surface area contributed by atoms with Crippen molar-refractivity contribution >= 4 is 7.25 Å².